The van der Waals surface area contributed by atoms with Crippen LogP contribution in [0.15, 0.2) is 35.7 Å². The topological polar surface area (TPSA) is 42.0 Å². The molecule has 0 spiro atoms. The van der Waals surface area contributed by atoms with E-state index in [1.54, 1.807) is 5.38 Å². The molecule has 3 nitrogen and oxygen atoms in total. The number of carbonyl (C=O) groups is 1. The number of hydrogen-bond acceptors (Lipinski definition) is 3. The average molecular weight is 232 g/mol. The van der Waals surface area contributed by atoms with Crippen molar-refractivity contribution in [3.63, 3.8) is 0 Å². The molecule has 2 rings (SSSR count). The number of thiazole rings is 1. The van der Waals surface area contributed by atoms with Crippen molar-refractivity contribution in [3.05, 3.63) is 52.0 Å². The van der Waals surface area contributed by atoms with Crippen molar-refractivity contribution in [3.8, 4) is 0 Å². The highest BCUT2D eigenvalue weighted by atomic mass is 32.1. The smallest absolute Gasteiger partial charge is 0.271 e. The van der Waals surface area contributed by atoms with Gasteiger partial charge in [0.15, 0.2) is 0 Å². The Morgan fingerprint density at radius 2 is 2.12 bits per heavy atom. The van der Waals surface area contributed by atoms with Gasteiger partial charge in [0.2, 0.25) is 0 Å². The van der Waals surface area contributed by atoms with Gasteiger partial charge in [0.1, 0.15) is 5.69 Å². The predicted octanol–water partition coefficient (Wildman–Crippen LogP) is 2.38. The molecule has 0 bridgehead atoms. The quantitative estimate of drug-likeness (QED) is 0.882. The highest BCUT2D eigenvalue weighted by molar-refractivity contribution is 7.09. The summed E-state index contributed by atoms with van der Waals surface area (Å²) in [5.74, 6) is -0.117. The number of amides is 1. The minimum Gasteiger partial charge on any atom is -0.347 e. The van der Waals surface area contributed by atoms with Gasteiger partial charge in [-0.15, -0.1) is 11.3 Å². The number of rotatable bonds is 3. The molecule has 0 atom stereocenters. The van der Waals surface area contributed by atoms with Crippen molar-refractivity contribution >= 4 is 17.2 Å². The van der Waals surface area contributed by atoms with Gasteiger partial charge in [-0.1, -0.05) is 30.3 Å². The van der Waals surface area contributed by atoms with E-state index < -0.39 is 0 Å². The van der Waals surface area contributed by atoms with E-state index >= 15 is 0 Å². The maximum atomic E-state index is 11.7. The third kappa shape index (κ3) is 2.67. The zero-order valence-corrected chi connectivity index (χ0v) is 9.75. The van der Waals surface area contributed by atoms with E-state index in [0.717, 1.165) is 10.6 Å². The van der Waals surface area contributed by atoms with Gasteiger partial charge in [0.05, 0.1) is 5.01 Å². The Morgan fingerprint density at radius 3 is 2.75 bits per heavy atom. The van der Waals surface area contributed by atoms with Crippen LogP contribution in [0.5, 0.6) is 0 Å². The Kier molecular flexibility index (Phi) is 3.31. The van der Waals surface area contributed by atoms with Crippen molar-refractivity contribution < 1.29 is 4.79 Å². The minimum atomic E-state index is -0.117. The lowest BCUT2D eigenvalue weighted by Gasteiger charge is -2.02. The van der Waals surface area contributed by atoms with Crippen molar-refractivity contribution in [1.82, 2.24) is 10.3 Å². The Balaban J connectivity index is 1.94. The summed E-state index contributed by atoms with van der Waals surface area (Å²) in [5, 5.41) is 5.51. The van der Waals surface area contributed by atoms with Gasteiger partial charge in [0, 0.05) is 11.9 Å². The summed E-state index contributed by atoms with van der Waals surface area (Å²) in [7, 11) is 0. The molecule has 16 heavy (non-hydrogen) atoms. The van der Waals surface area contributed by atoms with E-state index in [2.05, 4.69) is 10.3 Å². The Morgan fingerprint density at radius 1 is 1.38 bits per heavy atom. The minimum absolute atomic E-state index is 0.117. The molecule has 0 fully saturated rings. The lowest BCUT2D eigenvalue weighted by atomic mass is 10.2. The third-order valence-electron chi connectivity index (χ3n) is 2.15. The first-order chi connectivity index (χ1) is 7.75. The third-order valence-corrected chi connectivity index (χ3v) is 2.92. The van der Waals surface area contributed by atoms with Crippen molar-refractivity contribution in [2.24, 2.45) is 0 Å². The van der Waals surface area contributed by atoms with E-state index in [1.165, 1.54) is 11.3 Å². The first-order valence-electron chi connectivity index (χ1n) is 5.00. The second-order valence-corrected chi connectivity index (χ2v) is 4.48. The molecular formula is C12H12N2OS. The van der Waals surface area contributed by atoms with Crippen LogP contribution in [0.2, 0.25) is 0 Å². The fourth-order valence-corrected chi connectivity index (χ4v) is 1.93. The summed E-state index contributed by atoms with van der Waals surface area (Å²) >= 11 is 1.48. The molecule has 82 valence electrons. The van der Waals surface area contributed by atoms with Crippen LogP contribution in [0.1, 0.15) is 21.1 Å². The van der Waals surface area contributed by atoms with Crippen LogP contribution in [-0.4, -0.2) is 10.9 Å². The molecule has 1 heterocycles. The Bertz CT molecular complexity index is 479. The first-order valence-corrected chi connectivity index (χ1v) is 5.88. The summed E-state index contributed by atoms with van der Waals surface area (Å²) in [5.41, 5.74) is 1.58. The maximum Gasteiger partial charge on any atom is 0.271 e. The molecule has 0 saturated carbocycles. The molecule has 2 aromatic rings. The SMILES string of the molecule is Cc1nc(C(=O)NCc2ccccc2)cs1. The molecule has 4 heteroatoms. The number of benzene rings is 1. The molecular weight excluding hydrogens is 220 g/mol. The number of aryl methyl sites for hydroxylation is 1. The average Bonchev–Trinajstić information content (AvgIpc) is 2.74. The number of hydrogen-bond donors (Lipinski definition) is 1. The van der Waals surface area contributed by atoms with E-state index in [0.29, 0.717) is 12.2 Å². The number of nitrogens with zero attached hydrogens (tertiary/aromatic N) is 1. The summed E-state index contributed by atoms with van der Waals surface area (Å²) in [6.07, 6.45) is 0. The molecule has 1 N–H and O–H groups in total. The summed E-state index contributed by atoms with van der Waals surface area (Å²) in [6, 6.07) is 9.82. The van der Waals surface area contributed by atoms with Gasteiger partial charge in [-0.25, -0.2) is 4.98 Å². The fourth-order valence-electron chi connectivity index (χ4n) is 1.34. The second kappa shape index (κ2) is 4.90. The molecule has 1 aromatic carbocycles. The van der Waals surface area contributed by atoms with Gasteiger partial charge in [0.25, 0.3) is 5.91 Å². The fraction of sp³-hybridized carbons (Fsp3) is 0.167. The van der Waals surface area contributed by atoms with Crippen LogP contribution < -0.4 is 5.32 Å². The first kappa shape index (κ1) is 10.8. The molecule has 1 aromatic heterocycles. The molecule has 0 unspecified atom stereocenters. The van der Waals surface area contributed by atoms with E-state index in [9.17, 15) is 4.79 Å². The monoisotopic (exact) mass is 232 g/mol. The molecule has 0 aliphatic heterocycles. The lowest BCUT2D eigenvalue weighted by Crippen LogP contribution is -2.23. The molecule has 0 saturated heterocycles. The molecule has 0 radical (unpaired) electrons. The van der Waals surface area contributed by atoms with Crippen molar-refractivity contribution in [2.45, 2.75) is 13.5 Å². The van der Waals surface area contributed by atoms with Crippen molar-refractivity contribution in [2.75, 3.05) is 0 Å². The predicted molar refractivity (Wildman–Crippen MR) is 64.5 cm³/mol. The van der Waals surface area contributed by atoms with Gasteiger partial charge in [-0.3, -0.25) is 4.79 Å². The van der Waals surface area contributed by atoms with E-state index in [1.807, 2.05) is 37.3 Å². The standard InChI is InChI=1S/C12H12N2OS/c1-9-14-11(8-16-9)12(15)13-7-10-5-3-2-4-6-10/h2-6,8H,7H2,1H3,(H,13,15). The molecule has 1 amide bonds. The lowest BCUT2D eigenvalue weighted by molar-refractivity contribution is 0.0946. The van der Waals surface area contributed by atoms with Gasteiger partial charge < -0.3 is 5.32 Å². The van der Waals surface area contributed by atoms with E-state index in [4.69, 9.17) is 0 Å². The number of nitrogens with one attached hydrogen (secondary N) is 1. The van der Waals surface area contributed by atoms with Gasteiger partial charge >= 0.3 is 0 Å². The number of carbonyl (C=O) groups excluding carboxylic acids is 1. The largest absolute Gasteiger partial charge is 0.347 e. The van der Waals surface area contributed by atoms with Gasteiger partial charge in [-0.2, -0.15) is 0 Å². The van der Waals surface area contributed by atoms with Crippen LogP contribution in [0.3, 0.4) is 0 Å². The van der Waals surface area contributed by atoms with Gasteiger partial charge in [-0.05, 0) is 12.5 Å². The summed E-state index contributed by atoms with van der Waals surface area (Å²) in [6.45, 7) is 2.43. The van der Waals surface area contributed by atoms with Crippen LogP contribution in [0, 0.1) is 6.92 Å². The molecule has 0 aliphatic carbocycles. The zero-order chi connectivity index (χ0) is 11.4. The van der Waals surface area contributed by atoms with E-state index in [-0.39, 0.29) is 5.91 Å². The highest BCUT2D eigenvalue weighted by Gasteiger charge is 2.08. The van der Waals surface area contributed by atoms with Crippen LogP contribution in [-0.2, 0) is 6.54 Å². The van der Waals surface area contributed by atoms with Crippen LogP contribution in [0.4, 0.5) is 0 Å². The Labute approximate surface area is 98.2 Å². The summed E-state index contributed by atoms with van der Waals surface area (Å²) < 4.78 is 0. The van der Waals surface area contributed by atoms with Crippen LogP contribution in [0.25, 0.3) is 0 Å². The molecule has 0 aliphatic rings. The second-order valence-electron chi connectivity index (χ2n) is 3.42. The normalized spacial score (nSPS) is 10.1. The highest BCUT2D eigenvalue weighted by Crippen LogP contribution is 2.07. The van der Waals surface area contributed by atoms with Crippen molar-refractivity contribution in [1.29, 1.82) is 0 Å². The number of aromatic nitrogens is 1. The zero-order valence-electron chi connectivity index (χ0n) is 8.93. The maximum absolute atomic E-state index is 11.7. The Hall–Kier alpha value is -1.68. The summed E-state index contributed by atoms with van der Waals surface area (Å²) in [4.78, 5) is 15.8. The van der Waals surface area contributed by atoms with Crippen LogP contribution >= 0.6 is 11.3 Å².